The molecule has 0 aliphatic carbocycles. The number of rotatable bonds is 4. The van der Waals surface area contributed by atoms with E-state index < -0.39 is 5.97 Å². The second kappa shape index (κ2) is 6.01. The number of hydrogen-bond acceptors (Lipinski definition) is 5. The maximum atomic E-state index is 11.1. The molecule has 108 valence electrons. The number of carbonyl (C=O) groups is 1. The molecule has 6 nitrogen and oxygen atoms in total. The normalized spacial score (nSPS) is 10.9. The predicted octanol–water partition coefficient (Wildman–Crippen LogP) is 2.77. The molecule has 2 N–H and O–H groups in total. The molecule has 0 saturated carbocycles. The molecule has 0 unspecified atom stereocenters. The Hall–Kier alpha value is -3.28. The van der Waals surface area contributed by atoms with Gasteiger partial charge in [0.2, 0.25) is 0 Å². The van der Waals surface area contributed by atoms with Crippen LogP contribution in [0.2, 0.25) is 0 Å². The molecule has 0 radical (unpaired) electrons. The van der Waals surface area contributed by atoms with Gasteiger partial charge in [0.15, 0.2) is 5.82 Å². The smallest absolute Gasteiger partial charge is 0.336 e. The van der Waals surface area contributed by atoms with E-state index in [1.54, 1.807) is 18.2 Å². The van der Waals surface area contributed by atoms with E-state index in [2.05, 4.69) is 20.5 Å². The molecule has 3 rings (SSSR count). The minimum absolute atomic E-state index is 0.195. The first-order valence-electron chi connectivity index (χ1n) is 6.57. The first kappa shape index (κ1) is 13.7. The van der Waals surface area contributed by atoms with Crippen molar-refractivity contribution in [3.05, 3.63) is 66.0 Å². The van der Waals surface area contributed by atoms with Crippen molar-refractivity contribution in [1.29, 1.82) is 0 Å². The minimum Gasteiger partial charge on any atom is -0.478 e. The number of hydrogen-bond donors (Lipinski definition) is 2. The molecule has 0 bridgehead atoms. The van der Waals surface area contributed by atoms with Crippen molar-refractivity contribution in [2.75, 3.05) is 5.43 Å². The summed E-state index contributed by atoms with van der Waals surface area (Å²) in [4.78, 5) is 19.4. The average Bonchev–Trinajstić information content (AvgIpc) is 2.55. The first-order chi connectivity index (χ1) is 10.8. The SMILES string of the molecule is O=C(O)c1ccccc1/C=N/Nc1ncnc2ccccc12. The van der Waals surface area contributed by atoms with Gasteiger partial charge in [0.1, 0.15) is 6.33 Å². The van der Waals surface area contributed by atoms with E-state index in [0.29, 0.717) is 11.4 Å². The van der Waals surface area contributed by atoms with E-state index in [0.717, 1.165) is 10.9 Å². The van der Waals surface area contributed by atoms with E-state index in [1.807, 2.05) is 24.3 Å². The lowest BCUT2D eigenvalue weighted by molar-refractivity contribution is 0.0697. The summed E-state index contributed by atoms with van der Waals surface area (Å²) in [6, 6.07) is 14.2. The Morgan fingerprint density at radius 1 is 1.09 bits per heavy atom. The number of anilines is 1. The van der Waals surface area contributed by atoms with Gasteiger partial charge in [0.05, 0.1) is 17.3 Å². The van der Waals surface area contributed by atoms with Crippen molar-refractivity contribution in [3.8, 4) is 0 Å². The summed E-state index contributed by atoms with van der Waals surface area (Å²) in [5.41, 5.74) is 4.34. The lowest BCUT2D eigenvalue weighted by atomic mass is 10.1. The van der Waals surface area contributed by atoms with Gasteiger partial charge in [-0.3, -0.25) is 5.43 Å². The van der Waals surface area contributed by atoms with Gasteiger partial charge < -0.3 is 5.11 Å². The van der Waals surface area contributed by atoms with Crippen LogP contribution in [0.3, 0.4) is 0 Å². The highest BCUT2D eigenvalue weighted by Crippen LogP contribution is 2.18. The summed E-state index contributed by atoms with van der Waals surface area (Å²) < 4.78 is 0. The van der Waals surface area contributed by atoms with E-state index in [9.17, 15) is 4.79 Å². The van der Waals surface area contributed by atoms with Gasteiger partial charge in [-0.15, -0.1) is 0 Å². The standard InChI is InChI=1S/C16H12N4O2/c21-16(22)12-6-2-1-5-11(12)9-19-20-15-13-7-3-4-8-14(13)17-10-18-15/h1-10H,(H,21,22)(H,17,18,20)/b19-9+. The van der Waals surface area contributed by atoms with Crippen molar-refractivity contribution in [1.82, 2.24) is 9.97 Å². The zero-order valence-corrected chi connectivity index (χ0v) is 11.5. The highest BCUT2D eigenvalue weighted by Gasteiger charge is 2.06. The van der Waals surface area contributed by atoms with Crippen LogP contribution in [-0.4, -0.2) is 27.3 Å². The number of carboxylic acid groups (broad SMARTS) is 1. The Balaban J connectivity index is 1.87. The van der Waals surface area contributed by atoms with Crippen LogP contribution in [0.25, 0.3) is 10.9 Å². The summed E-state index contributed by atoms with van der Waals surface area (Å²) >= 11 is 0. The van der Waals surface area contributed by atoms with E-state index in [4.69, 9.17) is 5.11 Å². The van der Waals surface area contributed by atoms with Gasteiger partial charge in [0.25, 0.3) is 0 Å². The summed E-state index contributed by atoms with van der Waals surface area (Å²) in [5, 5.41) is 14.0. The zero-order chi connectivity index (χ0) is 15.4. The van der Waals surface area contributed by atoms with Gasteiger partial charge >= 0.3 is 5.97 Å². The molecular weight excluding hydrogens is 280 g/mol. The molecule has 1 heterocycles. The van der Waals surface area contributed by atoms with Gasteiger partial charge in [-0.05, 0) is 18.2 Å². The number of aromatic carboxylic acids is 1. The molecule has 0 aliphatic rings. The van der Waals surface area contributed by atoms with Crippen molar-refractivity contribution < 1.29 is 9.90 Å². The Morgan fingerprint density at radius 2 is 1.86 bits per heavy atom. The number of nitrogens with zero attached hydrogens (tertiary/aromatic N) is 3. The largest absolute Gasteiger partial charge is 0.478 e. The quantitative estimate of drug-likeness (QED) is 0.570. The topological polar surface area (TPSA) is 87.5 Å². The summed E-state index contributed by atoms with van der Waals surface area (Å²) in [6.07, 6.45) is 2.91. The molecule has 0 fully saturated rings. The number of nitrogens with one attached hydrogen (secondary N) is 1. The number of hydrazone groups is 1. The van der Waals surface area contributed by atoms with Gasteiger partial charge in [-0.1, -0.05) is 30.3 Å². The van der Waals surface area contributed by atoms with E-state index in [-0.39, 0.29) is 5.56 Å². The number of benzene rings is 2. The molecule has 1 aromatic heterocycles. The van der Waals surface area contributed by atoms with Crippen molar-refractivity contribution in [2.45, 2.75) is 0 Å². The molecule has 0 spiro atoms. The van der Waals surface area contributed by atoms with Crippen LogP contribution in [0, 0.1) is 0 Å². The molecule has 0 atom stereocenters. The average molecular weight is 292 g/mol. The van der Waals surface area contributed by atoms with Crippen LogP contribution in [0.15, 0.2) is 60.0 Å². The van der Waals surface area contributed by atoms with Crippen LogP contribution in [0.5, 0.6) is 0 Å². The van der Waals surface area contributed by atoms with Gasteiger partial charge in [0, 0.05) is 10.9 Å². The highest BCUT2D eigenvalue weighted by atomic mass is 16.4. The van der Waals surface area contributed by atoms with Crippen molar-refractivity contribution in [3.63, 3.8) is 0 Å². The molecule has 22 heavy (non-hydrogen) atoms. The molecule has 2 aromatic carbocycles. The lowest BCUT2D eigenvalue weighted by Crippen LogP contribution is -2.02. The van der Waals surface area contributed by atoms with Crippen molar-refractivity contribution in [2.24, 2.45) is 5.10 Å². The zero-order valence-electron chi connectivity index (χ0n) is 11.5. The predicted molar refractivity (Wildman–Crippen MR) is 84.2 cm³/mol. The van der Waals surface area contributed by atoms with E-state index in [1.165, 1.54) is 18.6 Å². The second-order valence-corrected chi connectivity index (χ2v) is 4.50. The monoisotopic (exact) mass is 292 g/mol. The fourth-order valence-electron chi connectivity index (χ4n) is 2.06. The third-order valence-corrected chi connectivity index (χ3v) is 3.11. The van der Waals surface area contributed by atoms with Gasteiger partial charge in [-0.25, -0.2) is 14.8 Å². The maximum absolute atomic E-state index is 11.1. The van der Waals surface area contributed by atoms with Crippen LogP contribution >= 0.6 is 0 Å². The summed E-state index contributed by atoms with van der Waals surface area (Å²) in [6.45, 7) is 0. The second-order valence-electron chi connectivity index (χ2n) is 4.50. The van der Waals surface area contributed by atoms with Crippen LogP contribution in [0.1, 0.15) is 15.9 Å². The minimum atomic E-state index is -0.991. The van der Waals surface area contributed by atoms with Gasteiger partial charge in [-0.2, -0.15) is 5.10 Å². The number of para-hydroxylation sites is 1. The fourth-order valence-corrected chi connectivity index (χ4v) is 2.06. The number of carboxylic acids is 1. The molecule has 3 aromatic rings. The molecule has 0 amide bonds. The summed E-state index contributed by atoms with van der Waals surface area (Å²) in [5.74, 6) is -0.427. The Kier molecular flexibility index (Phi) is 3.74. The molecule has 0 saturated heterocycles. The lowest BCUT2D eigenvalue weighted by Gasteiger charge is -2.04. The third kappa shape index (κ3) is 2.76. The van der Waals surface area contributed by atoms with Crippen LogP contribution < -0.4 is 5.43 Å². The Morgan fingerprint density at radius 3 is 2.73 bits per heavy atom. The highest BCUT2D eigenvalue weighted by molar-refractivity contribution is 5.98. The third-order valence-electron chi connectivity index (χ3n) is 3.11. The Bertz CT molecular complexity index is 856. The fraction of sp³-hybridized carbons (Fsp3) is 0. The van der Waals surface area contributed by atoms with Crippen LogP contribution in [0.4, 0.5) is 5.82 Å². The Labute approximate surface area is 126 Å². The number of aromatic nitrogens is 2. The molecule has 6 heteroatoms. The number of fused-ring (bicyclic) bond motifs is 1. The first-order valence-corrected chi connectivity index (χ1v) is 6.57. The van der Waals surface area contributed by atoms with Crippen molar-refractivity contribution >= 4 is 28.9 Å². The molecule has 0 aliphatic heterocycles. The van der Waals surface area contributed by atoms with E-state index >= 15 is 0 Å². The summed E-state index contributed by atoms with van der Waals surface area (Å²) in [7, 11) is 0. The maximum Gasteiger partial charge on any atom is 0.336 e. The molecular formula is C16H12N4O2. The van der Waals surface area contributed by atoms with Crippen LogP contribution in [-0.2, 0) is 0 Å².